The molecule has 0 bridgehead atoms. The van der Waals surface area contributed by atoms with Crippen LogP contribution in [0.3, 0.4) is 0 Å². The molecule has 0 fully saturated rings. The Morgan fingerprint density at radius 1 is 1.00 bits per heavy atom. The zero-order valence-electron chi connectivity index (χ0n) is 16.7. The first-order valence-electron chi connectivity index (χ1n) is 9.38. The molecule has 0 spiro atoms. The van der Waals surface area contributed by atoms with Crippen molar-refractivity contribution in [2.24, 2.45) is 0 Å². The Morgan fingerprint density at radius 3 is 2.25 bits per heavy atom. The van der Waals surface area contributed by atoms with Gasteiger partial charge in [-0.1, -0.05) is 73.5 Å². The third kappa shape index (κ3) is 4.76. The van der Waals surface area contributed by atoms with Gasteiger partial charge in [-0.15, -0.1) is 5.10 Å². The zero-order valence-corrected chi connectivity index (χ0v) is 16.7. The molecule has 1 atom stereocenters. The molecule has 0 saturated carbocycles. The average molecular weight is 378 g/mol. The molecule has 2 aromatic carbocycles. The second kappa shape index (κ2) is 8.69. The fourth-order valence-electron chi connectivity index (χ4n) is 2.87. The number of nitrogens with one attached hydrogen (secondary N) is 1. The number of aromatic nitrogens is 2. The van der Waals surface area contributed by atoms with Crippen LogP contribution < -0.4 is 10.2 Å². The van der Waals surface area contributed by atoms with Crippen molar-refractivity contribution in [1.82, 2.24) is 15.5 Å². The van der Waals surface area contributed by atoms with Gasteiger partial charge in [-0.2, -0.15) is 0 Å². The molecule has 6 heteroatoms. The van der Waals surface area contributed by atoms with Crippen molar-refractivity contribution in [3.8, 4) is 0 Å². The lowest BCUT2D eigenvalue weighted by molar-refractivity contribution is -0.121. The minimum Gasteiger partial charge on any atom is -0.405 e. The van der Waals surface area contributed by atoms with E-state index in [1.54, 1.807) is 4.90 Å². The van der Waals surface area contributed by atoms with E-state index in [1.807, 2.05) is 56.6 Å². The number of anilines is 1. The lowest BCUT2D eigenvalue weighted by Gasteiger charge is -2.16. The third-order valence-electron chi connectivity index (χ3n) is 4.51. The molecule has 6 nitrogen and oxygen atoms in total. The van der Waals surface area contributed by atoms with E-state index in [0.29, 0.717) is 17.8 Å². The highest BCUT2D eigenvalue weighted by Gasteiger charge is 2.23. The van der Waals surface area contributed by atoms with Gasteiger partial charge < -0.3 is 14.6 Å². The standard InChI is InChI=1S/C22H26N4O2/c1-15(2)17-12-10-16(11-13-17)14-19(27)23-20(18-8-6-5-7-9-18)21-24-25-22(28-21)26(3)4/h5-13,15,20H,14H2,1-4H3,(H,23,27). The van der Waals surface area contributed by atoms with Crippen LogP contribution in [0.4, 0.5) is 6.01 Å². The van der Waals surface area contributed by atoms with Crippen LogP contribution in [0.2, 0.25) is 0 Å². The Labute approximate surface area is 165 Å². The maximum atomic E-state index is 12.7. The van der Waals surface area contributed by atoms with Crippen molar-refractivity contribution in [2.45, 2.75) is 32.2 Å². The van der Waals surface area contributed by atoms with E-state index in [4.69, 9.17) is 4.42 Å². The number of benzene rings is 2. The Balaban J connectivity index is 1.77. The number of amides is 1. The molecule has 1 N–H and O–H groups in total. The van der Waals surface area contributed by atoms with Gasteiger partial charge in [0.2, 0.25) is 11.8 Å². The van der Waals surface area contributed by atoms with E-state index < -0.39 is 6.04 Å². The van der Waals surface area contributed by atoms with E-state index in [9.17, 15) is 4.79 Å². The molecule has 0 saturated heterocycles. The van der Waals surface area contributed by atoms with Crippen LogP contribution in [-0.4, -0.2) is 30.2 Å². The summed E-state index contributed by atoms with van der Waals surface area (Å²) in [7, 11) is 3.66. The molecular formula is C22H26N4O2. The van der Waals surface area contributed by atoms with Crippen LogP contribution in [0, 0.1) is 0 Å². The first kappa shape index (κ1) is 19.6. The van der Waals surface area contributed by atoms with Crippen molar-refractivity contribution in [3.05, 3.63) is 77.2 Å². The summed E-state index contributed by atoms with van der Waals surface area (Å²) in [5, 5.41) is 11.2. The molecule has 146 valence electrons. The largest absolute Gasteiger partial charge is 0.405 e. The van der Waals surface area contributed by atoms with Crippen molar-refractivity contribution in [2.75, 3.05) is 19.0 Å². The molecule has 0 aliphatic rings. The van der Waals surface area contributed by atoms with E-state index in [-0.39, 0.29) is 12.3 Å². The number of hydrogen-bond acceptors (Lipinski definition) is 5. The summed E-state index contributed by atoms with van der Waals surface area (Å²) >= 11 is 0. The maximum Gasteiger partial charge on any atom is 0.317 e. The second-order valence-corrected chi connectivity index (χ2v) is 7.30. The summed E-state index contributed by atoms with van der Waals surface area (Å²) in [6.07, 6.45) is 0.288. The summed E-state index contributed by atoms with van der Waals surface area (Å²) in [6.45, 7) is 4.30. The topological polar surface area (TPSA) is 71.3 Å². The molecule has 3 rings (SSSR count). The van der Waals surface area contributed by atoms with Crippen LogP contribution in [0.1, 0.15) is 48.4 Å². The minimum absolute atomic E-state index is 0.101. The van der Waals surface area contributed by atoms with Gasteiger partial charge in [-0.05, 0) is 22.6 Å². The quantitative estimate of drug-likeness (QED) is 0.679. The summed E-state index contributed by atoms with van der Waals surface area (Å²) in [4.78, 5) is 14.5. The van der Waals surface area contributed by atoms with Crippen molar-refractivity contribution in [1.29, 1.82) is 0 Å². The van der Waals surface area contributed by atoms with Crippen LogP contribution in [-0.2, 0) is 11.2 Å². The van der Waals surface area contributed by atoms with E-state index >= 15 is 0 Å². The number of carbonyl (C=O) groups excluding carboxylic acids is 1. The summed E-state index contributed by atoms with van der Waals surface area (Å²) in [6, 6.07) is 17.7. The number of rotatable bonds is 7. The minimum atomic E-state index is -0.496. The highest BCUT2D eigenvalue weighted by molar-refractivity contribution is 5.79. The zero-order chi connectivity index (χ0) is 20.1. The fraction of sp³-hybridized carbons (Fsp3) is 0.318. The van der Waals surface area contributed by atoms with Gasteiger partial charge in [0.1, 0.15) is 6.04 Å². The van der Waals surface area contributed by atoms with E-state index in [2.05, 4.69) is 41.5 Å². The van der Waals surface area contributed by atoms with Gasteiger partial charge in [0.25, 0.3) is 0 Å². The van der Waals surface area contributed by atoms with Crippen molar-refractivity contribution in [3.63, 3.8) is 0 Å². The Morgan fingerprint density at radius 2 is 1.68 bits per heavy atom. The molecule has 1 aromatic heterocycles. The van der Waals surface area contributed by atoms with Crippen molar-refractivity contribution < 1.29 is 9.21 Å². The normalized spacial score (nSPS) is 12.0. The highest BCUT2D eigenvalue weighted by Crippen LogP contribution is 2.23. The molecule has 0 aliphatic heterocycles. The van der Waals surface area contributed by atoms with Gasteiger partial charge in [0.05, 0.1) is 6.42 Å². The molecule has 0 radical (unpaired) electrons. The van der Waals surface area contributed by atoms with Gasteiger partial charge in [0.15, 0.2) is 0 Å². The van der Waals surface area contributed by atoms with Crippen LogP contribution in [0.15, 0.2) is 59.0 Å². The predicted molar refractivity (Wildman–Crippen MR) is 109 cm³/mol. The third-order valence-corrected chi connectivity index (χ3v) is 4.51. The SMILES string of the molecule is CC(C)c1ccc(CC(=O)NC(c2ccccc2)c2nnc(N(C)C)o2)cc1. The Bertz CT molecular complexity index is 902. The fourth-order valence-corrected chi connectivity index (χ4v) is 2.87. The van der Waals surface area contributed by atoms with Crippen LogP contribution in [0.5, 0.6) is 0 Å². The van der Waals surface area contributed by atoms with Gasteiger partial charge in [0, 0.05) is 14.1 Å². The predicted octanol–water partition coefficient (Wildman–Crippen LogP) is 3.71. The summed E-state index contributed by atoms with van der Waals surface area (Å²) < 4.78 is 5.74. The molecule has 28 heavy (non-hydrogen) atoms. The van der Waals surface area contributed by atoms with E-state index in [1.165, 1.54) is 5.56 Å². The second-order valence-electron chi connectivity index (χ2n) is 7.30. The lowest BCUT2D eigenvalue weighted by Crippen LogP contribution is -2.30. The van der Waals surface area contributed by atoms with Crippen LogP contribution >= 0.6 is 0 Å². The van der Waals surface area contributed by atoms with Gasteiger partial charge in [-0.25, -0.2) is 0 Å². The summed E-state index contributed by atoms with van der Waals surface area (Å²) in [5.74, 6) is 0.725. The smallest absolute Gasteiger partial charge is 0.317 e. The van der Waals surface area contributed by atoms with Crippen molar-refractivity contribution >= 4 is 11.9 Å². The van der Waals surface area contributed by atoms with Gasteiger partial charge in [-0.3, -0.25) is 4.79 Å². The summed E-state index contributed by atoms with van der Waals surface area (Å²) in [5.41, 5.74) is 3.11. The Hall–Kier alpha value is -3.15. The molecule has 1 heterocycles. The van der Waals surface area contributed by atoms with Crippen LogP contribution in [0.25, 0.3) is 0 Å². The first-order valence-corrected chi connectivity index (χ1v) is 9.38. The first-order chi connectivity index (χ1) is 13.4. The van der Waals surface area contributed by atoms with Gasteiger partial charge >= 0.3 is 6.01 Å². The highest BCUT2D eigenvalue weighted by atomic mass is 16.4. The molecule has 1 unspecified atom stereocenters. The maximum absolute atomic E-state index is 12.7. The number of carbonyl (C=O) groups is 1. The molecule has 0 aliphatic carbocycles. The van der Waals surface area contributed by atoms with E-state index in [0.717, 1.165) is 11.1 Å². The Kier molecular flexibility index (Phi) is 6.09. The molecule has 1 amide bonds. The molecular weight excluding hydrogens is 352 g/mol. The molecule has 3 aromatic rings. The monoisotopic (exact) mass is 378 g/mol. The number of nitrogens with zero attached hydrogens (tertiary/aromatic N) is 3. The lowest BCUT2D eigenvalue weighted by atomic mass is 10.0. The number of hydrogen-bond donors (Lipinski definition) is 1. The average Bonchev–Trinajstić information content (AvgIpc) is 3.17.